The topological polar surface area (TPSA) is 52.0 Å². The summed E-state index contributed by atoms with van der Waals surface area (Å²) in [7, 11) is 0. The van der Waals surface area contributed by atoms with Crippen molar-refractivity contribution >= 4 is 11.1 Å². The average molecular weight is 204 g/mol. The lowest BCUT2D eigenvalue weighted by atomic mass is 9.96. The predicted molar refractivity (Wildman–Crippen MR) is 60.7 cm³/mol. The number of benzene rings is 1. The average Bonchev–Trinajstić information content (AvgIpc) is 2.40. The molecule has 0 spiro atoms. The second-order valence-electron chi connectivity index (χ2n) is 4.70. The third kappa shape index (κ3) is 2.36. The zero-order valence-corrected chi connectivity index (χ0v) is 9.37. The zero-order chi connectivity index (χ0) is 11.1. The number of oxazole rings is 1. The van der Waals surface area contributed by atoms with E-state index in [1.165, 1.54) is 5.56 Å². The van der Waals surface area contributed by atoms with Crippen molar-refractivity contribution in [3.8, 4) is 0 Å². The molecule has 2 aromatic rings. The van der Waals surface area contributed by atoms with E-state index in [1.807, 2.05) is 32.9 Å². The minimum atomic E-state index is -0.192. The first kappa shape index (κ1) is 10.2. The van der Waals surface area contributed by atoms with Crippen LogP contribution in [0.1, 0.15) is 25.3 Å². The molecular formula is C12H16N2O. The maximum atomic E-state index is 5.97. The smallest absolute Gasteiger partial charge is 0.192 e. The standard InChI is InChI=1S/C12H16N2O/c1-8-14-10-5-4-9(6-11(10)15-8)7-12(2,3)13/h4-6H,7,13H2,1-3H3. The summed E-state index contributed by atoms with van der Waals surface area (Å²) in [6.45, 7) is 5.89. The van der Waals surface area contributed by atoms with Crippen LogP contribution in [0.15, 0.2) is 22.6 Å². The van der Waals surface area contributed by atoms with Crippen LogP contribution in [0.3, 0.4) is 0 Å². The molecule has 0 unspecified atom stereocenters. The molecule has 0 saturated carbocycles. The molecule has 0 bridgehead atoms. The van der Waals surface area contributed by atoms with Crippen molar-refractivity contribution in [3.05, 3.63) is 29.7 Å². The summed E-state index contributed by atoms with van der Waals surface area (Å²) in [6.07, 6.45) is 0.836. The molecule has 0 fully saturated rings. The molecule has 0 atom stereocenters. The highest BCUT2D eigenvalue weighted by Gasteiger charge is 2.12. The van der Waals surface area contributed by atoms with E-state index in [4.69, 9.17) is 10.2 Å². The van der Waals surface area contributed by atoms with Crippen molar-refractivity contribution in [1.29, 1.82) is 0 Å². The first-order valence-corrected chi connectivity index (χ1v) is 5.09. The molecule has 0 amide bonds. The van der Waals surface area contributed by atoms with Gasteiger partial charge in [-0.05, 0) is 38.0 Å². The monoisotopic (exact) mass is 204 g/mol. The number of aromatic nitrogens is 1. The van der Waals surface area contributed by atoms with Gasteiger partial charge in [0, 0.05) is 12.5 Å². The Hall–Kier alpha value is -1.35. The molecule has 1 aromatic carbocycles. The summed E-state index contributed by atoms with van der Waals surface area (Å²) in [4.78, 5) is 4.25. The Kier molecular flexibility index (Phi) is 2.27. The van der Waals surface area contributed by atoms with Crippen molar-refractivity contribution in [2.24, 2.45) is 5.73 Å². The number of nitrogens with two attached hydrogens (primary N) is 1. The number of hydrogen-bond acceptors (Lipinski definition) is 3. The first-order chi connectivity index (χ1) is 6.94. The molecule has 0 aliphatic carbocycles. The maximum absolute atomic E-state index is 5.97. The van der Waals surface area contributed by atoms with Crippen molar-refractivity contribution in [2.45, 2.75) is 32.7 Å². The molecule has 0 aliphatic rings. The quantitative estimate of drug-likeness (QED) is 0.817. The second-order valence-corrected chi connectivity index (χ2v) is 4.70. The van der Waals surface area contributed by atoms with E-state index in [2.05, 4.69) is 11.1 Å². The summed E-state index contributed by atoms with van der Waals surface area (Å²) in [5.74, 6) is 0.703. The van der Waals surface area contributed by atoms with Crippen LogP contribution in [0.2, 0.25) is 0 Å². The summed E-state index contributed by atoms with van der Waals surface area (Å²) in [6, 6.07) is 6.05. The molecule has 1 heterocycles. The Morgan fingerprint density at radius 2 is 2.13 bits per heavy atom. The Morgan fingerprint density at radius 3 is 2.80 bits per heavy atom. The molecule has 2 N–H and O–H groups in total. The van der Waals surface area contributed by atoms with Gasteiger partial charge < -0.3 is 10.2 Å². The number of rotatable bonds is 2. The predicted octanol–water partition coefficient (Wildman–Crippen LogP) is 2.42. The van der Waals surface area contributed by atoms with Crippen molar-refractivity contribution < 1.29 is 4.42 Å². The van der Waals surface area contributed by atoms with E-state index in [9.17, 15) is 0 Å². The molecule has 0 radical (unpaired) electrons. The lowest BCUT2D eigenvalue weighted by molar-refractivity contribution is 0.516. The third-order valence-electron chi connectivity index (χ3n) is 2.22. The van der Waals surface area contributed by atoms with Gasteiger partial charge in [-0.1, -0.05) is 6.07 Å². The van der Waals surface area contributed by atoms with Gasteiger partial charge in [-0.15, -0.1) is 0 Å². The first-order valence-electron chi connectivity index (χ1n) is 5.09. The van der Waals surface area contributed by atoms with Gasteiger partial charge in [0.2, 0.25) is 0 Å². The Morgan fingerprint density at radius 1 is 1.40 bits per heavy atom. The highest BCUT2D eigenvalue weighted by Crippen LogP contribution is 2.19. The minimum Gasteiger partial charge on any atom is -0.441 e. The van der Waals surface area contributed by atoms with Gasteiger partial charge in [0.15, 0.2) is 11.5 Å². The molecule has 0 saturated heterocycles. The molecule has 3 nitrogen and oxygen atoms in total. The van der Waals surface area contributed by atoms with Crippen LogP contribution in [0.5, 0.6) is 0 Å². The van der Waals surface area contributed by atoms with Crippen molar-refractivity contribution in [1.82, 2.24) is 4.98 Å². The van der Waals surface area contributed by atoms with E-state index in [0.717, 1.165) is 17.5 Å². The van der Waals surface area contributed by atoms with E-state index >= 15 is 0 Å². The second kappa shape index (κ2) is 3.35. The van der Waals surface area contributed by atoms with Crippen LogP contribution < -0.4 is 5.73 Å². The van der Waals surface area contributed by atoms with Gasteiger partial charge in [0.05, 0.1) is 0 Å². The summed E-state index contributed by atoms with van der Waals surface area (Å²) in [5, 5.41) is 0. The maximum Gasteiger partial charge on any atom is 0.192 e. The van der Waals surface area contributed by atoms with Gasteiger partial charge in [-0.2, -0.15) is 0 Å². The lowest BCUT2D eigenvalue weighted by Crippen LogP contribution is -2.34. The largest absolute Gasteiger partial charge is 0.441 e. The number of nitrogens with zero attached hydrogens (tertiary/aromatic N) is 1. The number of aryl methyl sites for hydroxylation is 1. The van der Waals surface area contributed by atoms with E-state index in [1.54, 1.807) is 0 Å². The fourth-order valence-electron chi connectivity index (χ4n) is 1.72. The SMILES string of the molecule is Cc1nc2ccc(CC(C)(C)N)cc2o1. The van der Waals surface area contributed by atoms with Gasteiger partial charge in [-0.3, -0.25) is 0 Å². The van der Waals surface area contributed by atoms with E-state index < -0.39 is 0 Å². The fourth-order valence-corrected chi connectivity index (χ4v) is 1.72. The van der Waals surface area contributed by atoms with Gasteiger partial charge in [0.1, 0.15) is 5.52 Å². The molecule has 15 heavy (non-hydrogen) atoms. The van der Waals surface area contributed by atoms with Crippen LogP contribution >= 0.6 is 0 Å². The minimum absolute atomic E-state index is 0.192. The summed E-state index contributed by atoms with van der Waals surface area (Å²) < 4.78 is 5.47. The number of fused-ring (bicyclic) bond motifs is 1. The van der Waals surface area contributed by atoms with Gasteiger partial charge >= 0.3 is 0 Å². The Labute approximate surface area is 89.3 Å². The van der Waals surface area contributed by atoms with Crippen LogP contribution in [0, 0.1) is 6.92 Å². The lowest BCUT2D eigenvalue weighted by Gasteiger charge is -2.17. The zero-order valence-electron chi connectivity index (χ0n) is 9.37. The Bertz CT molecular complexity index is 480. The molecule has 0 aliphatic heterocycles. The van der Waals surface area contributed by atoms with Crippen molar-refractivity contribution in [3.63, 3.8) is 0 Å². The van der Waals surface area contributed by atoms with Crippen LogP contribution in [0.25, 0.3) is 11.1 Å². The van der Waals surface area contributed by atoms with Gasteiger partial charge in [-0.25, -0.2) is 4.98 Å². The molecule has 1 aromatic heterocycles. The normalized spacial score (nSPS) is 12.3. The third-order valence-corrected chi connectivity index (χ3v) is 2.22. The summed E-state index contributed by atoms with van der Waals surface area (Å²) in [5.41, 5.74) is 8.72. The molecule has 3 heteroatoms. The Balaban J connectivity index is 2.38. The molecule has 80 valence electrons. The highest BCUT2D eigenvalue weighted by atomic mass is 16.3. The highest BCUT2D eigenvalue weighted by molar-refractivity contribution is 5.73. The van der Waals surface area contributed by atoms with E-state index in [0.29, 0.717) is 5.89 Å². The van der Waals surface area contributed by atoms with Crippen LogP contribution in [0.4, 0.5) is 0 Å². The van der Waals surface area contributed by atoms with Gasteiger partial charge in [0.25, 0.3) is 0 Å². The van der Waals surface area contributed by atoms with Crippen LogP contribution in [-0.4, -0.2) is 10.5 Å². The number of hydrogen-bond donors (Lipinski definition) is 1. The van der Waals surface area contributed by atoms with Crippen LogP contribution in [-0.2, 0) is 6.42 Å². The summed E-state index contributed by atoms with van der Waals surface area (Å²) >= 11 is 0. The fraction of sp³-hybridized carbons (Fsp3) is 0.417. The van der Waals surface area contributed by atoms with E-state index in [-0.39, 0.29) is 5.54 Å². The van der Waals surface area contributed by atoms with Crippen molar-refractivity contribution in [2.75, 3.05) is 0 Å². The molecule has 2 rings (SSSR count). The molecular weight excluding hydrogens is 188 g/mol.